The van der Waals surface area contributed by atoms with Gasteiger partial charge in [-0.2, -0.15) is 0 Å². The summed E-state index contributed by atoms with van der Waals surface area (Å²) in [6.07, 6.45) is 2.07. The van der Waals surface area contributed by atoms with Crippen molar-refractivity contribution in [2.75, 3.05) is 26.4 Å². The van der Waals surface area contributed by atoms with Crippen LogP contribution in [0.5, 0.6) is 11.5 Å². The molecule has 1 fully saturated rings. The van der Waals surface area contributed by atoms with E-state index in [-0.39, 0.29) is 6.04 Å². The Balaban J connectivity index is 2.07. The van der Waals surface area contributed by atoms with Crippen LogP contribution in [-0.2, 0) is 4.74 Å². The average Bonchev–Trinajstić information content (AvgIpc) is 2.94. The molecule has 0 radical (unpaired) electrons. The fourth-order valence-electron chi connectivity index (χ4n) is 2.56. The third kappa shape index (κ3) is 3.87. The molecule has 1 saturated heterocycles. The van der Waals surface area contributed by atoms with Crippen molar-refractivity contribution in [1.29, 1.82) is 0 Å². The number of rotatable bonds is 7. The third-order valence-electron chi connectivity index (χ3n) is 3.61. The minimum Gasteiger partial charge on any atom is -0.490 e. The van der Waals surface area contributed by atoms with E-state index in [1.54, 1.807) is 0 Å². The number of hydrogen-bond donors (Lipinski definition) is 1. The summed E-state index contributed by atoms with van der Waals surface area (Å²) in [5, 5.41) is 0. The second kappa shape index (κ2) is 7.50. The van der Waals surface area contributed by atoms with Gasteiger partial charge in [0.1, 0.15) is 0 Å². The van der Waals surface area contributed by atoms with Crippen LogP contribution in [0, 0.1) is 5.92 Å². The Morgan fingerprint density at radius 3 is 2.65 bits per heavy atom. The molecular weight excluding hydrogens is 254 g/mol. The Labute approximate surface area is 121 Å². The molecule has 2 atom stereocenters. The van der Waals surface area contributed by atoms with Crippen molar-refractivity contribution < 1.29 is 14.2 Å². The minimum absolute atomic E-state index is 0.0246. The van der Waals surface area contributed by atoms with Gasteiger partial charge in [-0.3, -0.25) is 0 Å². The molecule has 2 unspecified atom stereocenters. The van der Waals surface area contributed by atoms with Crippen LogP contribution < -0.4 is 15.2 Å². The summed E-state index contributed by atoms with van der Waals surface area (Å²) in [6.45, 7) is 6.89. The number of hydrogen-bond acceptors (Lipinski definition) is 4. The quantitative estimate of drug-likeness (QED) is 0.834. The first-order valence-electron chi connectivity index (χ1n) is 7.47. The predicted octanol–water partition coefficient (Wildman–Crippen LogP) is 2.91. The van der Waals surface area contributed by atoms with E-state index < -0.39 is 0 Å². The fourth-order valence-corrected chi connectivity index (χ4v) is 2.56. The second-order valence-corrected chi connectivity index (χ2v) is 5.14. The molecule has 2 rings (SSSR count). The monoisotopic (exact) mass is 279 g/mol. The lowest BCUT2D eigenvalue weighted by molar-refractivity contribution is 0.182. The van der Waals surface area contributed by atoms with Crippen LogP contribution in [-0.4, -0.2) is 26.4 Å². The standard InChI is InChI=1S/C16H25NO3/c1-3-19-15-6-5-13(10-16(15)20-4-2)14(17)9-12-7-8-18-11-12/h5-6,10,12,14H,3-4,7-9,11,17H2,1-2H3. The summed E-state index contributed by atoms with van der Waals surface area (Å²) < 4.78 is 16.6. The van der Waals surface area contributed by atoms with Crippen molar-refractivity contribution in [2.45, 2.75) is 32.7 Å². The SMILES string of the molecule is CCOc1ccc(C(N)CC2CCOC2)cc1OCC. The average molecular weight is 279 g/mol. The van der Waals surface area contributed by atoms with Gasteiger partial charge in [-0.25, -0.2) is 0 Å². The van der Waals surface area contributed by atoms with Gasteiger partial charge < -0.3 is 19.9 Å². The molecule has 0 bridgehead atoms. The molecule has 1 aromatic rings. The first kappa shape index (κ1) is 15.1. The highest BCUT2D eigenvalue weighted by atomic mass is 16.5. The van der Waals surface area contributed by atoms with Gasteiger partial charge >= 0.3 is 0 Å². The maximum absolute atomic E-state index is 6.31. The first-order valence-corrected chi connectivity index (χ1v) is 7.47. The van der Waals surface area contributed by atoms with Crippen molar-refractivity contribution in [3.8, 4) is 11.5 Å². The maximum atomic E-state index is 6.31. The zero-order valence-electron chi connectivity index (χ0n) is 12.4. The van der Waals surface area contributed by atoms with E-state index in [9.17, 15) is 0 Å². The molecule has 0 aliphatic carbocycles. The fraction of sp³-hybridized carbons (Fsp3) is 0.625. The smallest absolute Gasteiger partial charge is 0.161 e. The first-order chi connectivity index (χ1) is 9.74. The van der Waals surface area contributed by atoms with Gasteiger partial charge in [0, 0.05) is 19.3 Å². The van der Waals surface area contributed by atoms with Crippen molar-refractivity contribution in [2.24, 2.45) is 11.7 Å². The van der Waals surface area contributed by atoms with Gasteiger partial charge in [0.25, 0.3) is 0 Å². The topological polar surface area (TPSA) is 53.7 Å². The molecule has 112 valence electrons. The van der Waals surface area contributed by atoms with E-state index in [0.717, 1.165) is 43.1 Å². The molecular formula is C16H25NO3. The lowest BCUT2D eigenvalue weighted by atomic mass is 9.94. The molecule has 1 heterocycles. The Hall–Kier alpha value is -1.26. The van der Waals surface area contributed by atoms with Gasteiger partial charge in [-0.15, -0.1) is 0 Å². The molecule has 0 spiro atoms. The van der Waals surface area contributed by atoms with E-state index >= 15 is 0 Å². The summed E-state index contributed by atoms with van der Waals surface area (Å²) >= 11 is 0. The highest BCUT2D eigenvalue weighted by Crippen LogP contribution is 2.32. The Kier molecular flexibility index (Phi) is 5.68. The number of ether oxygens (including phenoxy) is 3. The lowest BCUT2D eigenvalue weighted by Crippen LogP contribution is -2.16. The van der Waals surface area contributed by atoms with E-state index in [2.05, 4.69) is 0 Å². The van der Waals surface area contributed by atoms with Gasteiger partial charge in [0.2, 0.25) is 0 Å². The highest BCUT2D eigenvalue weighted by Gasteiger charge is 2.20. The number of nitrogens with two attached hydrogens (primary N) is 1. The molecule has 0 amide bonds. The Morgan fingerprint density at radius 1 is 1.25 bits per heavy atom. The van der Waals surface area contributed by atoms with E-state index in [1.807, 2.05) is 32.0 Å². The molecule has 2 N–H and O–H groups in total. The van der Waals surface area contributed by atoms with E-state index in [4.69, 9.17) is 19.9 Å². The maximum Gasteiger partial charge on any atom is 0.161 e. The zero-order valence-corrected chi connectivity index (χ0v) is 12.4. The predicted molar refractivity (Wildman–Crippen MR) is 79.3 cm³/mol. The molecule has 1 aliphatic heterocycles. The summed E-state index contributed by atoms with van der Waals surface area (Å²) in [7, 11) is 0. The minimum atomic E-state index is 0.0246. The highest BCUT2D eigenvalue weighted by molar-refractivity contribution is 5.43. The van der Waals surface area contributed by atoms with Crippen molar-refractivity contribution in [3.63, 3.8) is 0 Å². The van der Waals surface area contributed by atoms with Gasteiger partial charge in [0.05, 0.1) is 13.2 Å². The van der Waals surface area contributed by atoms with Crippen LogP contribution in [0.3, 0.4) is 0 Å². The molecule has 20 heavy (non-hydrogen) atoms. The summed E-state index contributed by atoms with van der Waals surface area (Å²) in [6, 6.07) is 6.02. The molecule has 1 aliphatic rings. The van der Waals surface area contributed by atoms with Crippen LogP contribution in [0.2, 0.25) is 0 Å². The van der Waals surface area contributed by atoms with Crippen molar-refractivity contribution in [1.82, 2.24) is 0 Å². The van der Waals surface area contributed by atoms with E-state index in [0.29, 0.717) is 19.1 Å². The number of benzene rings is 1. The van der Waals surface area contributed by atoms with Crippen LogP contribution in [0.15, 0.2) is 18.2 Å². The van der Waals surface area contributed by atoms with Crippen molar-refractivity contribution >= 4 is 0 Å². The largest absolute Gasteiger partial charge is 0.490 e. The van der Waals surface area contributed by atoms with Gasteiger partial charge in [0.15, 0.2) is 11.5 Å². The summed E-state index contributed by atoms with van der Waals surface area (Å²) in [5.74, 6) is 2.14. The summed E-state index contributed by atoms with van der Waals surface area (Å²) in [5.41, 5.74) is 7.41. The van der Waals surface area contributed by atoms with E-state index in [1.165, 1.54) is 0 Å². The van der Waals surface area contributed by atoms with Crippen LogP contribution in [0.25, 0.3) is 0 Å². The summed E-state index contributed by atoms with van der Waals surface area (Å²) in [4.78, 5) is 0. The second-order valence-electron chi connectivity index (χ2n) is 5.14. The molecule has 0 saturated carbocycles. The van der Waals surface area contributed by atoms with Gasteiger partial charge in [-0.05, 0) is 50.3 Å². The lowest BCUT2D eigenvalue weighted by Gasteiger charge is -2.18. The van der Waals surface area contributed by atoms with Gasteiger partial charge in [-0.1, -0.05) is 6.07 Å². The normalized spacial score (nSPS) is 19.9. The zero-order chi connectivity index (χ0) is 14.4. The molecule has 1 aromatic carbocycles. The molecule has 4 heteroatoms. The Morgan fingerprint density at radius 2 is 2.00 bits per heavy atom. The molecule has 0 aromatic heterocycles. The van der Waals surface area contributed by atoms with Crippen molar-refractivity contribution in [3.05, 3.63) is 23.8 Å². The Bertz CT molecular complexity index is 416. The molecule has 4 nitrogen and oxygen atoms in total. The third-order valence-corrected chi connectivity index (χ3v) is 3.61. The van der Waals surface area contributed by atoms with Crippen LogP contribution in [0.4, 0.5) is 0 Å². The van der Waals surface area contributed by atoms with Crippen LogP contribution >= 0.6 is 0 Å². The van der Waals surface area contributed by atoms with Crippen LogP contribution in [0.1, 0.15) is 38.3 Å².